The summed E-state index contributed by atoms with van der Waals surface area (Å²) >= 11 is 1.45. The molecule has 0 aliphatic rings. The number of hydrogen-bond donors (Lipinski definition) is 0. The lowest BCUT2D eigenvalue weighted by Crippen LogP contribution is -2.08. The number of unbranched alkanes of at least 4 members (excludes halogenated alkanes) is 1. The maximum Gasteiger partial charge on any atom is 0.340 e. The van der Waals surface area contributed by atoms with E-state index in [-0.39, 0.29) is 5.97 Å². The van der Waals surface area contributed by atoms with Gasteiger partial charge in [-0.2, -0.15) is 0 Å². The molecule has 15 heavy (non-hydrogen) atoms. The van der Waals surface area contributed by atoms with Gasteiger partial charge in [0.05, 0.1) is 12.2 Å². The summed E-state index contributed by atoms with van der Waals surface area (Å²) in [6, 6.07) is 3.49. The maximum absolute atomic E-state index is 11.6. The molecule has 0 amide bonds. The van der Waals surface area contributed by atoms with Crippen molar-refractivity contribution in [3.63, 3.8) is 0 Å². The Labute approximate surface area is 94.2 Å². The van der Waals surface area contributed by atoms with Gasteiger partial charge in [0.1, 0.15) is 5.03 Å². The lowest BCUT2D eigenvalue weighted by molar-refractivity contribution is 0.0494. The predicted molar refractivity (Wildman–Crippen MR) is 61.2 cm³/mol. The van der Waals surface area contributed by atoms with E-state index < -0.39 is 0 Å². The first-order chi connectivity index (χ1) is 7.29. The summed E-state index contributed by atoms with van der Waals surface area (Å²) in [6.45, 7) is 2.54. The van der Waals surface area contributed by atoms with Crippen LogP contribution >= 0.6 is 11.8 Å². The van der Waals surface area contributed by atoms with Crippen LogP contribution in [0.4, 0.5) is 0 Å². The minimum atomic E-state index is -0.277. The highest BCUT2D eigenvalue weighted by atomic mass is 32.2. The van der Waals surface area contributed by atoms with Crippen molar-refractivity contribution in [1.29, 1.82) is 0 Å². The van der Waals surface area contributed by atoms with Gasteiger partial charge < -0.3 is 4.74 Å². The van der Waals surface area contributed by atoms with Crippen molar-refractivity contribution in [3.8, 4) is 0 Å². The van der Waals surface area contributed by atoms with Gasteiger partial charge in [-0.15, -0.1) is 11.8 Å². The highest BCUT2D eigenvalue weighted by molar-refractivity contribution is 7.98. The Morgan fingerprint density at radius 1 is 1.60 bits per heavy atom. The molecule has 0 bridgehead atoms. The number of carbonyl (C=O) groups is 1. The van der Waals surface area contributed by atoms with Crippen molar-refractivity contribution in [2.45, 2.75) is 24.8 Å². The third-order valence-electron chi connectivity index (χ3n) is 1.92. The number of thioether (sulfide) groups is 1. The first-order valence-corrected chi connectivity index (χ1v) is 6.18. The van der Waals surface area contributed by atoms with Gasteiger partial charge in [0.25, 0.3) is 0 Å². The third kappa shape index (κ3) is 3.55. The minimum absolute atomic E-state index is 0.277. The summed E-state index contributed by atoms with van der Waals surface area (Å²) in [4.78, 5) is 15.7. The van der Waals surface area contributed by atoms with Crippen LogP contribution in [0.5, 0.6) is 0 Å². The van der Waals surface area contributed by atoms with Gasteiger partial charge in [-0.05, 0) is 24.8 Å². The summed E-state index contributed by atoms with van der Waals surface area (Å²) in [5, 5.41) is 0.721. The van der Waals surface area contributed by atoms with Crippen molar-refractivity contribution >= 4 is 17.7 Å². The average molecular weight is 225 g/mol. The Hall–Kier alpha value is -1.03. The van der Waals surface area contributed by atoms with E-state index in [0.717, 1.165) is 17.9 Å². The number of aromatic nitrogens is 1. The molecular weight excluding hydrogens is 210 g/mol. The Bertz CT molecular complexity index is 328. The number of rotatable bonds is 5. The predicted octanol–water partition coefficient (Wildman–Crippen LogP) is 2.76. The van der Waals surface area contributed by atoms with Crippen LogP contribution in [-0.4, -0.2) is 23.8 Å². The van der Waals surface area contributed by atoms with Crippen LogP contribution in [0.2, 0.25) is 0 Å². The Balaban J connectivity index is 2.64. The quantitative estimate of drug-likeness (QED) is 0.439. The van der Waals surface area contributed by atoms with Crippen molar-refractivity contribution < 1.29 is 9.53 Å². The van der Waals surface area contributed by atoms with Crippen LogP contribution in [-0.2, 0) is 4.74 Å². The molecule has 0 atom stereocenters. The number of hydrogen-bond acceptors (Lipinski definition) is 4. The molecule has 1 heterocycles. The lowest BCUT2D eigenvalue weighted by Gasteiger charge is -2.06. The minimum Gasteiger partial charge on any atom is -0.462 e. The van der Waals surface area contributed by atoms with Gasteiger partial charge in [-0.1, -0.05) is 13.3 Å². The molecule has 0 aliphatic heterocycles. The summed E-state index contributed by atoms with van der Waals surface area (Å²) in [7, 11) is 0. The van der Waals surface area contributed by atoms with E-state index in [4.69, 9.17) is 4.74 Å². The van der Waals surface area contributed by atoms with Gasteiger partial charge in [-0.3, -0.25) is 0 Å². The monoisotopic (exact) mass is 225 g/mol. The second kappa shape index (κ2) is 6.45. The average Bonchev–Trinajstić information content (AvgIpc) is 2.29. The number of carbonyl (C=O) groups excluding carboxylic acids is 1. The normalized spacial score (nSPS) is 10.0. The second-order valence-corrected chi connectivity index (χ2v) is 3.84. The van der Waals surface area contributed by atoms with E-state index >= 15 is 0 Å². The molecular formula is C11H15NO2S. The largest absolute Gasteiger partial charge is 0.462 e. The fraction of sp³-hybridized carbons (Fsp3) is 0.455. The highest BCUT2D eigenvalue weighted by Crippen LogP contribution is 2.17. The fourth-order valence-electron chi connectivity index (χ4n) is 1.10. The van der Waals surface area contributed by atoms with E-state index in [1.807, 2.05) is 6.26 Å². The first-order valence-electron chi connectivity index (χ1n) is 4.95. The van der Waals surface area contributed by atoms with Gasteiger partial charge in [0, 0.05) is 6.20 Å². The summed E-state index contributed by atoms with van der Waals surface area (Å²) in [5.74, 6) is -0.277. The molecule has 0 N–H and O–H groups in total. The number of nitrogens with zero attached hydrogens (tertiary/aromatic N) is 1. The molecule has 0 saturated heterocycles. The van der Waals surface area contributed by atoms with Crippen LogP contribution in [0, 0.1) is 0 Å². The third-order valence-corrected chi connectivity index (χ3v) is 2.63. The summed E-state index contributed by atoms with van der Waals surface area (Å²) < 4.78 is 5.12. The molecule has 82 valence electrons. The molecule has 1 aromatic rings. The van der Waals surface area contributed by atoms with Crippen molar-refractivity contribution in [2.75, 3.05) is 12.9 Å². The Morgan fingerprint density at radius 2 is 2.40 bits per heavy atom. The van der Waals surface area contributed by atoms with Crippen LogP contribution in [0.15, 0.2) is 23.4 Å². The molecule has 1 aromatic heterocycles. The topological polar surface area (TPSA) is 39.2 Å². The molecule has 0 aromatic carbocycles. The van der Waals surface area contributed by atoms with Crippen LogP contribution < -0.4 is 0 Å². The lowest BCUT2D eigenvalue weighted by atomic mass is 10.3. The SMILES string of the molecule is CCCCOC(=O)c1cccnc1SC. The Morgan fingerprint density at radius 3 is 3.07 bits per heavy atom. The Kier molecular flexibility index (Phi) is 5.18. The van der Waals surface area contributed by atoms with E-state index in [2.05, 4.69) is 11.9 Å². The van der Waals surface area contributed by atoms with E-state index in [1.165, 1.54) is 11.8 Å². The van der Waals surface area contributed by atoms with Gasteiger partial charge in [-0.25, -0.2) is 9.78 Å². The maximum atomic E-state index is 11.6. The van der Waals surface area contributed by atoms with Gasteiger partial charge in [0.15, 0.2) is 0 Å². The molecule has 0 aliphatic carbocycles. The molecule has 1 rings (SSSR count). The van der Waals surface area contributed by atoms with Crippen LogP contribution in [0.1, 0.15) is 30.1 Å². The summed E-state index contributed by atoms with van der Waals surface area (Å²) in [6.07, 6.45) is 5.50. The van der Waals surface area contributed by atoms with Crippen molar-refractivity contribution in [3.05, 3.63) is 23.9 Å². The smallest absolute Gasteiger partial charge is 0.340 e. The zero-order valence-electron chi connectivity index (χ0n) is 9.03. The van der Waals surface area contributed by atoms with Crippen molar-refractivity contribution in [2.24, 2.45) is 0 Å². The number of esters is 1. The zero-order chi connectivity index (χ0) is 11.1. The standard InChI is InChI=1S/C11H15NO2S/c1-3-4-8-14-11(13)9-6-5-7-12-10(9)15-2/h5-7H,3-4,8H2,1-2H3. The van der Waals surface area contributed by atoms with E-state index in [0.29, 0.717) is 12.2 Å². The summed E-state index contributed by atoms with van der Waals surface area (Å²) in [5.41, 5.74) is 0.557. The highest BCUT2D eigenvalue weighted by Gasteiger charge is 2.12. The van der Waals surface area contributed by atoms with Crippen molar-refractivity contribution in [1.82, 2.24) is 4.98 Å². The molecule has 3 nitrogen and oxygen atoms in total. The van der Waals surface area contributed by atoms with Gasteiger partial charge >= 0.3 is 5.97 Å². The molecule has 4 heteroatoms. The molecule has 0 unspecified atom stereocenters. The van der Waals surface area contributed by atoms with Crippen LogP contribution in [0.25, 0.3) is 0 Å². The van der Waals surface area contributed by atoms with E-state index in [9.17, 15) is 4.79 Å². The number of ether oxygens (including phenoxy) is 1. The first kappa shape index (κ1) is 12.0. The second-order valence-electron chi connectivity index (χ2n) is 3.05. The molecule has 0 fully saturated rings. The molecule has 0 saturated carbocycles. The van der Waals surface area contributed by atoms with Gasteiger partial charge in [0.2, 0.25) is 0 Å². The molecule has 0 radical (unpaired) electrons. The fourth-order valence-corrected chi connectivity index (χ4v) is 1.63. The zero-order valence-corrected chi connectivity index (χ0v) is 9.84. The van der Waals surface area contributed by atoms with E-state index in [1.54, 1.807) is 18.3 Å². The van der Waals surface area contributed by atoms with Crippen LogP contribution in [0.3, 0.4) is 0 Å². The molecule has 0 spiro atoms. The number of pyridine rings is 1.